The molecule has 0 spiro atoms. The van der Waals surface area contributed by atoms with Gasteiger partial charge in [0, 0.05) is 17.9 Å². The minimum Gasteiger partial charge on any atom is -0.309 e. The minimum atomic E-state index is 0.493. The maximum atomic E-state index is 3.95. The smallest absolute Gasteiger partial charge is 0.0386 e. The minimum absolute atomic E-state index is 0.493. The van der Waals surface area contributed by atoms with E-state index in [1.807, 2.05) is 0 Å². The Morgan fingerprint density at radius 3 is 2.72 bits per heavy atom. The van der Waals surface area contributed by atoms with Gasteiger partial charge < -0.3 is 5.32 Å². The third-order valence-corrected chi connectivity index (χ3v) is 6.75. The number of hydrogen-bond acceptors (Lipinski definition) is 1. The third-order valence-electron chi connectivity index (χ3n) is 6.75. The van der Waals surface area contributed by atoms with E-state index in [4.69, 9.17) is 0 Å². The van der Waals surface area contributed by atoms with Crippen LogP contribution in [-0.4, -0.2) is 12.6 Å². The summed E-state index contributed by atoms with van der Waals surface area (Å²) in [5.74, 6) is 3.52. The van der Waals surface area contributed by atoms with Crippen LogP contribution >= 0.6 is 0 Å². The predicted molar refractivity (Wildman–Crippen MR) is 107 cm³/mol. The van der Waals surface area contributed by atoms with Crippen LogP contribution in [0.5, 0.6) is 0 Å². The van der Waals surface area contributed by atoms with Crippen LogP contribution in [0.25, 0.3) is 0 Å². The highest BCUT2D eigenvalue weighted by molar-refractivity contribution is 5.38. The number of allylic oxidation sites excluding steroid dienone is 7. The van der Waals surface area contributed by atoms with E-state index in [2.05, 4.69) is 67.8 Å². The van der Waals surface area contributed by atoms with Gasteiger partial charge in [0.25, 0.3) is 0 Å². The molecule has 25 heavy (non-hydrogen) atoms. The first-order valence-corrected chi connectivity index (χ1v) is 10.4. The van der Waals surface area contributed by atoms with E-state index in [-0.39, 0.29) is 0 Å². The maximum absolute atomic E-state index is 3.95. The lowest BCUT2D eigenvalue weighted by atomic mass is 9.70. The fourth-order valence-corrected chi connectivity index (χ4v) is 5.07. The van der Waals surface area contributed by atoms with Gasteiger partial charge in [-0.3, -0.25) is 0 Å². The Labute approximate surface area is 153 Å². The van der Waals surface area contributed by atoms with Crippen LogP contribution in [-0.2, 0) is 0 Å². The van der Waals surface area contributed by atoms with Crippen molar-refractivity contribution in [3.63, 3.8) is 0 Å². The predicted octanol–water partition coefficient (Wildman–Crippen LogP) is 5.59. The fraction of sp³-hybridized carbons (Fsp3) is 0.583. The second-order valence-corrected chi connectivity index (χ2v) is 8.69. The van der Waals surface area contributed by atoms with E-state index in [0.717, 1.165) is 18.4 Å². The number of hydrogen-bond donors (Lipinski definition) is 1. The summed E-state index contributed by atoms with van der Waals surface area (Å²) in [5.41, 5.74) is 3.12. The van der Waals surface area contributed by atoms with Crippen molar-refractivity contribution in [1.29, 1.82) is 0 Å². The van der Waals surface area contributed by atoms with E-state index >= 15 is 0 Å². The van der Waals surface area contributed by atoms with E-state index < -0.39 is 0 Å². The standard InChI is InChI=1S/C24H33N/c1-17(2)22-15-23(19-9-4-3-5-10-19)24(25-16-22)21-13-12-18-8-6-7-11-20(18)14-21/h4,6,8-10,12-14,17-18,20,22-25H,3,5,7,11,15-16H2,1-2H3. The Balaban J connectivity index is 1.59. The molecule has 5 unspecified atom stereocenters. The van der Waals surface area contributed by atoms with E-state index in [1.165, 1.54) is 32.1 Å². The van der Waals surface area contributed by atoms with Gasteiger partial charge in [0.2, 0.25) is 0 Å². The summed E-state index contributed by atoms with van der Waals surface area (Å²) in [6.45, 7) is 5.93. The van der Waals surface area contributed by atoms with Gasteiger partial charge in [-0.1, -0.05) is 62.5 Å². The molecule has 1 nitrogen and oxygen atoms in total. The van der Waals surface area contributed by atoms with Crippen LogP contribution in [0, 0.1) is 29.6 Å². The average molecular weight is 336 g/mol. The second-order valence-electron chi connectivity index (χ2n) is 8.69. The molecule has 1 heteroatoms. The summed E-state index contributed by atoms with van der Waals surface area (Å²) < 4.78 is 0. The number of nitrogens with one attached hydrogen (secondary N) is 1. The average Bonchev–Trinajstić information content (AvgIpc) is 2.68. The van der Waals surface area contributed by atoms with Crippen molar-refractivity contribution >= 4 is 0 Å². The molecule has 0 bridgehead atoms. The molecule has 1 fully saturated rings. The molecule has 0 aromatic rings. The Morgan fingerprint density at radius 1 is 1.00 bits per heavy atom. The van der Waals surface area contributed by atoms with Gasteiger partial charge in [0.15, 0.2) is 0 Å². The first kappa shape index (κ1) is 17.1. The Morgan fingerprint density at radius 2 is 1.92 bits per heavy atom. The Kier molecular flexibility index (Phi) is 5.12. The number of piperidine rings is 1. The summed E-state index contributed by atoms with van der Waals surface area (Å²) in [5, 5.41) is 3.95. The molecule has 0 amide bonds. The highest BCUT2D eigenvalue weighted by Crippen LogP contribution is 2.39. The van der Waals surface area contributed by atoms with Crippen molar-refractivity contribution in [1.82, 2.24) is 5.32 Å². The summed E-state index contributed by atoms with van der Waals surface area (Å²) in [6, 6.07) is 0.493. The van der Waals surface area contributed by atoms with Crippen LogP contribution in [0.15, 0.2) is 59.8 Å². The molecule has 1 saturated heterocycles. The zero-order valence-corrected chi connectivity index (χ0v) is 15.8. The fourth-order valence-electron chi connectivity index (χ4n) is 5.07. The molecule has 0 radical (unpaired) electrons. The van der Waals surface area contributed by atoms with Gasteiger partial charge in [0.1, 0.15) is 0 Å². The first-order valence-electron chi connectivity index (χ1n) is 10.4. The van der Waals surface area contributed by atoms with Gasteiger partial charge in [0.05, 0.1) is 0 Å². The molecule has 1 aliphatic heterocycles. The van der Waals surface area contributed by atoms with Crippen LogP contribution in [0.1, 0.15) is 46.0 Å². The molecule has 3 aliphatic carbocycles. The highest BCUT2D eigenvalue weighted by atomic mass is 14.9. The lowest BCUT2D eigenvalue weighted by molar-refractivity contribution is 0.221. The number of fused-ring (bicyclic) bond motifs is 1. The van der Waals surface area contributed by atoms with Crippen LogP contribution < -0.4 is 5.32 Å². The molecule has 0 aromatic carbocycles. The molecule has 0 saturated carbocycles. The van der Waals surface area contributed by atoms with Gasteiger partial charge in [-0.15, -0.1) is 0 Å². The molecule has 5 atom stereocenters. The highest BCUT2D eigenvalue weighted by Gasteiger charge is 2.36. The molecule has 0 aromatic heterocycles. The van der Waals surface area contributed by atoms with Crippen LogP contribution in [0.2, 0.25) is 0 Å². The second kappa shape index (κ2) is 7.50. The normalized spacial score (nSPS) is 37.6. The molecular formula is C24H33N. The molecular weight excluding hydrogens is 302 g/mol. The summed E-state index contributed by atoms with van der Waals surface area (Å²) in [7, 11) is 0. The van der Waals surface area contributed by atoms with Gasteiger partial charge in [-0.2, -0.15) is 0 Å². The Hall–Kier alpha value is -1.34. The zero-order valence-electron chi connectivity index (χ0n) is 15.8. The summed E-state index contributed by atoms with van der Waals surface area (Å²) in [4.78, 5) is 0. The topological polar surface area (TPSA) is 12.0 Å². The van der Waals surface area contributed by atoms with E-state index in [0.29, 0.717) is 23.8 Å². The number of rotatable bonds is 3. The van der Waals surface area contributed by atoms with Crippen molar-refractivity contribution in [2.24, 2.45) is 29.6 Å². The summed E-state index contributed by atoms with van der Waals surface area (Å²) in [6.07, 6.45) is 25.8. The quantitative estimate of drug-likeness (QED) is 0.663. The molecule has 1 N–H and O–H groups in total. The third kappa shape index (κ3) is 3.62. The van der Waals surface area contributed by atoms with E-state index in [9.17, 15) is 0 Å². The molecule has 4 rings (SSSR count). The van der Waals surface area contributed by atoms with Crippen molar-refractivity contribution in [3.05, 3.63) is 59.8 Å². The maximum Gasteiger partial charge on any atom is 0.0386 e. The van der Waals surface area contributed by atoms with Crippen molar-refractivity contribution in [2.75, 3.05) is 6.54 Å². The zero-order chi connectivity index (χ0) is 17.2. The monoisotopic (exact) mass is 335 g/mol. The van der Waals surface area contributed by atoms with Gasteiger partial charge in [-0.05, 0) is 67.5 Å². The van der Waals surface area contributed by atoms with Crippen molar-refractivity contribution < 1.29 is 0 Å². The van der Waals surface area contributed by atoms with Gasteiger partial charge in [-0.25, -0.2) is 0 Å². The molecule has 4 aliphatic rings. The lowest BCUT2D eigenvalue weighted by Gasteiger charge is -2.42. The molecule has 1 heterocycles. The SMILES string of the molecule is CC(C)C1CNC(C2=CC3CCC=CC3C=C2)C(C2=CCCC=C2)C1. The van der Waals surface area contributed by atoms with Crippen LogP contribution in [0.3, 0.4) is 0 Å². The lowest BCUT2D eigenvalue weighted by Crippen LogP contribution is -2.48. The van der Waals surface area contributed by atoms with Crippen LogP contribution in [0.4, 0.5) is 0 Å². The Bertz CT molecular complexity index is 630. The first-order chi connectivity index (χ1) is 12.2. The van der Waals surface area contributed by atoms with Crippen molar-refractivity contribution in [2.45, 2.75) is 52.0 Å². The largest absolute Gasteiger partial charge is 0.309 e. The van der Waals surface area contributed by atoms with E-state index in [1.54, 1.807) is 11.1 Å². The summed E-state index contributed by atoms with van der Waals surface area (Å²) >= 11 is 0. The van der Waals surface area contributed by atoms with Gasteiger partial charge >= 0.3 is 0 Å². The van der Waals surface area contributed by atoms with Crippen molar-refractivity contribution in [3.8, 4) is 0 Å². The molecule has 134 valence electrons.